The third-order valence-electron chi connectivity index (χ3n) is 6.60. The molecule has 2 amide bonds. The molecular weight excluding hydrogens is 380 g/mol. The Balaban J connectivity index is 1.25. The Bertz CT molecular complexity index is 866. The van der Waals surface area contributed by atoms with Crippen molar-refractivity contribution in [2.75, 3.05) is 19.6 Å². The summed E-state index contributed by atoms with van der Waals surface area (Å²) in [6.45, 7) is 5.49. The Morgan fingerprint density at radius 1 is 1.17 bits per heavy atom. The first-order valence-electron chi connectivity index (χ1n) is 10.8. The topological polar surface area (TPSA) is 75.7 Å². The molecule has 1 aliphatic carbocycles. The number of hydrogen-bond donors (Lipinski definition) is 1. The van der Waals surface area contributed by atoms with Crippen molar-refractivity contribution < 1.29 is 19.1 Å². The number of piperidine rings is 1. The highest BCUT2D eigenvalue weighted by atomic mass is 16.5. The van der Waals surface area contributed by atoms with Crippen molar-refractivity contribution in [2.45, 2.75) is 51.6 Å². The second-order valence-electron chi connectivity index (χ2n) is 9.45. The minimum atomic E-state index is -0.646. The van der Waals surface area contributed by atoms with Gasteiger partial charge in [-0.05, 0) is 50.5 Å². The number of amides is 2. The van der Waals surface area contributed by atoms with Crippen molar-refractivity contribution in [1.82, 2.24) is 10.2 Å². The summed E-state index contributed by atoms with van der Waals surface area (Å²) in [5.41, 5.74) is 0.605. The van der Waals surface area contributed by atoms with Gasteiger partial charge in [-0.2, -0.15) is 0 Å². The number of ketones is 1. The number of carbonyl (C=O) groups excluding carboxylic acids is 3. The molecule has 0 radical (unpaired) electrons. The Hall–Kier alpha value is -2.63. The third-order valence-corrected chi connectivity index (χ3v) is 6.60. The number of rotatable bonds is 5. The summed E-state index contributed by atoms with van der Waals surface area (Å²) >= 11 is 0. The van der Waals surface area contributed by atoms with Gasteiger partial charge in [0.05, 0.1) is 0 Å². The van der Waals surface area contributed by atoms with Gasteiger partial charge in [0.2, 0.25) is 5.91 Å². The highest BCUT2D eigenvalue weighted by Gasteiger charge is 2.58. The van der Waals surface area contributed by atoms with Crippen molar-refractivity contribution in [3.8, 4) is 0 Å². The molecule has 1 spiro atoms. The van der Waals surface area contributed by atoms with Gasteiger partial charge in [-0.25, -0.2) is 0 Å². The van der Waals surface area contributed by atoms with Crippen LogP contribution in [0.15, 0.2) is 42.2 Å². The summed E-state index contributed by atoms with van der Waals surface area (Å²) in [6, 6.07) is 10.1. The summed E-state index contributed by atoms with van der Waals surface area (Å²) in [6.07, 6.45) is 4.99. The van der Waals surface area contributed by atoms with Gasteiger partial charge < -0.3 is 15.0 Å². The van der Waals surface area contributed by atoms with Gasteiger partial charge in [-0.15, -0.1) is 0 Å². The number of nitrogens with zero attached hydrogens (tertiary/aromatic N) is 1. The fraction of sp³-hybridized carbons (Fsp3) is 0.542. The van der Waals surface area contributed by atoms with E-state index in [9.17, 15) is 14.4 Å². The Labute approximate surface area is 177 Å². The molecule has 1 N–H and O–H groups in total. The van der Waals surface area contributed by atoms with Crippen LogP contribution in [0.3, 0.4) is 0 Å². The van der Waals surface area contributed by atoms with Crippen LogP contribution < -0.4 is 5.32 Å². The van der Waals surface area contributed by atoms with E-state index in [-0.39, 0.29) is 41.1 Å². The Kier molecular flexibility index (Phi) is 5.43. The molecule has 160 valence electrons. The van der Waals surface area contributed by atoms with E-state index in [4.69, 9.17) is 4.74 Å². The first kappa shape index (κ1) is 20.6. The zero-order valence-electron chi connectivity index (χ0n) is 17.8. The molecule has 4 rings (SSSR count). The second-order valence-corrected chi connectivity index (χ2v) is 9.45. The molecule has 2 heterocycles. The first-order valence-corrected chi connectivity index (χ1v) is 10.8. The number of benzene rings is 1. The molecule has 6 nitrogen and oxygen atoms in total. The molecule has 1 aromatic rings. The summed E-state index contributed by atoms with van der Waals surface area (Å²) in [4.78, 5) is 39.1. The molecule has 2 fully saturated rings. The van der Waals surface area contributed by atoms with Crippen LogP contribution in [0.5, 0.6) is 0 Å². The molecule has 0 bridgehead atoms. The summed E-state index contributed by atoms with van der Waals surface area (Å²) in [7, 11) is 0. The number of allylic oxidation sites excluding steroid dienone is 1. The summed E-state index contributed by atoms with van der Waals surface area (Å²) in [5, 5.41) is 3.08. The van der Waals surface area contributed by atoms with E-state index in [2.05, 4.69) is 17.4 Å². The molecule has 6 heteroatoms. The van der Waals surface area contributed by atoms with Crippen LogP contribution >= 0.6 is 0 Å². The van der Waals surface area contributed by atoms with Crippen molar-refractivity contribution in [3.05, 3.63) is 47.7 Å². The van der Waals surface area contributed by atoms with Crippen LogP contribution in [0, 0.1) is 11.3 Å². The number of likely N-dealkylation sites (tertiary alicyclic amines) is 1. The molecule has 1 saturated heterocycles. The fourth-order valence-corrected chi connectivity index (χ4v) is 4.77. The summed E-state index contributed by atoms with van der Waals surface area (Å²) in [5.74, 6) is 0.0544. The monoisotopic (exact) mass is 410 g/mol. The summed E-state index contributed by atoms with van der Waals surface area (Å²) < 4.78 is 5.75. The van der Waals surface area contributed by atoms with Crippen molar-refractivity contribution in [2.24, 2.45) is 11.3 Å². The number of hydrogen-bond acceptors (Lipinski definition) is 4. The second kappa shape index (κ2) is 7.89. The van der Waals surface area contributed by atoms with Gasteiger partial charge in [0, 0.05) is 38.0 Å². The normalized spacial score (nSPS) is 24.1. The maximum atomic E-state index is 12.8. The highest BCUT2D eigenvalue weighted by molar-refractivity contribution is 6.01. The molecule has 2 aliphatic heterocycles. The lowest BCUT2D eigenvalue weighted by Crippen LogP contribution is -2.44. The maximum Gasteiger partial charge on any atom is 0.289 e. The minimum absolute atomic E-state index is 0.0322. The van der Waals surface area contributed by atoms with Crippen molar-refractivity contribution >= 4 is 17.6 Å². The molecule has 0 unspecified atom stereocenters. The van der Waals surface area contributed by atoms with Gasteiger partial charge in [0.25, 0.3) is 5.91 Å². The van der Waals surface area contributed by atoms with E-state index >= 15 is 0 Å². The van der Waals surface area contributed by atoms with E-state index < -0.39 is 5.60 Å². The Morgan fingerprint density at radius 3 is 2.53 bits per heavy atom. The number of carbonyl (C=O) groups is 3. The van der Waals surface area contributed by atoms with Crippen LogP contribution in [0.1, 0.15) is 45.1 Å². The van der Waals surface area contributed by atoms with Gasteiger partial charge in [0.1, 0.15) is 5.60 Å². The molecule has 1 aromatic carbocycles. The molecule has 30 heavy (non-hydrogen) atoms. The lowest BCUT2D eigenvalue weighted by molar-refractivity contribution is -0.139. The largest absolute Gasteiger partial charge is 0.481 e. The molecule has 1 saturated carbocycles. The third kappa shape index (κ3) is 4.42. The molecule has 3 aliphatic rings. The predicted octanol–water partition coefficient (Wildman–Crippen LogP) is 2.63. The standard InChI is InChI=1S/C24H30N2O4/c1-23(2)15-18(27)14-20(30-23)22(29)26-12-9-24(10-13-26)16-19(24)21(28)25-11-8-17-6-4-3-5-7-17/h3-7,14,19H,8-13,15-16H2,1-2H3,(H,25,28)/t19-/m0/s1. The van der Waals surface area contributed by atoms with Crippen LogP contribution in [-0.2, 0) is 25.5 Å². The zero-order chi connectivity index (χ0) is 21.4. The van der Waals surface area contributed by atoms with E-state index in [1.54, 1.807) is 4.90 Å². The van der Waals surface area contributed by atoms with E-state index in [0.29, 0.717) is 19.6 Å². The lowest BCUT2D eigenvalue weighted by atomic mass is 9.90. The van der Waals surface area contributed by atoms with Gasteiger partial charge in [0.15, 0.2) is 11.5 Å². The van der Waals surface area contributed by atoms with Crippen LogP contribution in [0.4, 0.5) is 0 Å². The van der Waals surface area contributed by atoms with Crippen molar-refractivity contribution in [3.63, 3.8) is 0 Å². The van der Waals surface area contributed by atoms with E-state index in [1.165, 1.54) is 11.6 Å². The first-order chi connectivity index (χ1) is 14.3. The van der Waals surface area contributed by atoms with Gasteiger partial charge in [-0.1, -0.05) is 30.3 Å². The quantitative estimate of drug-likeness (QED) is 0.810. The van der Waals surface area contributed by atoms with Gasteiger partial charge in [-0.3, -0.25) is 14.4 Å². The van der Waals surface area contributed by atoms with Gasteiger partial charge >= 0.3 is 0 Å². The van der Waals surface area contributed by atoms with Crippen LogP contribution in [-0.4, -0.2) is 47.7 Å². The average Bonchev–Trinajstić information content (AvgIpc) is 3.40. The fourth-order valence-electron chi connectivity index (χ4n) is 4.77. The maximum absolute atomic E-state index is 12.8. The minimum Gasteiger partial charge on any atom is -0.481 e. The van der Waals surface area contributed by atoms with E-state index in [1.807, 2.05) is 32.0 Å². The van der Waals surface area contributed by atoms with Crippen molar-refractivity contribution in [1.29, 1.82) is 0 Å². The number of nitrogens with one attached hydrogen (secondary N) is 1. The zero-order valence-corrected chi connectivity index (χ0v) is 17.8. The molecule has 1 atom stereocenters. The van der Waals surface area contributed by atoms with Crippen LogP contribution in [0.25, 0.3) is 0 Å². The van der Waals surface area contributed by atoms with Crippen LogP contribution in [0.2, 0.25) is 0 Å². The number of ether oxygens (including phenoxy) is 1. The smallest absolute Gasteiger partial charge is 0.289 e. The molecular formula is C24H30N2O4. The Morgan fingerprint density at radius 2 is 1.87 bits per heavy atom. The predicted molar refractivity (Wildman–Crippen MR) is 112 cm³/mol. The highest BCUT2D eigenvalue weighted by Crippen LogP contribution is 2.59. The lowest BCUT2D eigenvalue weighted by Gasteiger charge is -2.36. The van der Waals surface area contributed by atoms with E-state index in [0.717, 1.165) is 25.7 Å². The SMILES string of the molecule is CC1(C)CC(=O)C=C(C(=O)N2CCC3(CC2)C[C@H]3C(=O)NCCc2ccccc2)O1. The molecule has 0 aromatic heterocycles. The average molecular weight is 411 g/mol.